The van der Waals surface area contributed by atoms with Gasteiger partial charge in [-0.15, -0.1) is 0 Å². The lowest BCUT2D eigenvalue weighted by molar-refractivity contribution is 0.386. The van der Waals surface area contributed by atoms with Gasteiger partial charge < -0.3 is 15.2 Å². The fraction of sp³-hybridized carbons (Fsp3) is 0.538. The molecule has 0 spiro atoms. The van der Waals surface area contributed by atoms with Crippen molar-refractivity contribution < 1.29 is 9.47 Å². The van der Waals surface area contributed by atoms with E-state index in [4.69, 9.17) is 15.2 Å². The third-order valence-corrected chi connectivity index (χ3v) is 2.67. The van der Waals surface area contributed by atoms with Crippen LogP contribution in [0.5, 0.6) is 11.5 Å². The van der Waals surface area contributed by atoms with E-state index in [2.05, 4.69) is 19.9 Å². The summed E-state index contributed by atoms with van der Waals surface area (Å²) in [4.78, 5) is 0. The van der Waals surface area contributed by atoms with Crippen molar-refractivity contribution in [3.63, 3.8) is 0 Å². The first-order valence-corrected chi connectivity index (χ1v) is 5.58. The second kappa shape index (κ2) is 5.75. The molecule has 0 aliphatic rings. The highest BCUT2D eigenvalue weighted by atomic mass is 16.5. The molecule has 16 heavy (non-hydrogen) atoms. The van der Waals surface area contributed by atoms with Crippen molar-refractivity contribution in [1.82, 2.24) is 0 Å². The minimum absolute atomic E-state index is 0.428. The van der Waals surface area contributed by atoms with Crippen LogP contribution < -0.4 is 15.2 Å². The normalized spacial score (nSPS) is 10.6. The van der Waals surface area contributed by atoms with Crippen molar-refractivity contribution in [1.29, 1.82) is 0 Å². The fourth-order valence-corrected chi connectivity index (χ4v) is 1.79. The molecule has 0 saturated carbocycles. The van der Waals surface area contributed by atoms with Crippen LogP contribution in [0.15, 0.2) is 12.1 Å². The minimum atomic E-state index is 0.428. The quantitative estimate of drug-likeness (QED) is 0.833. The van der Waals surface area contributed by atoms with Crippen LogP contribution in [0, 0.1) is 0 Å². The lowest BCUT2D eigenvalue weighted by Crippen LogP contribution is -2.06. The second-order valence-electron chi connectivity index (χ2n) is 4.10. The number of hydrogen-bond acceptors (Lipinski definition) is 3. The SMILES string of the molecule is COc1cc(OC)c(C(C)C)cc1CCN. The second-order valence-corrected chi connectivity index (χ2v) is 4.10. The third kappa shape index (κ3) is 2.67. The van der Waals surface area contributed by atoms with Crippen molar-refractivity contribution >= 4 is 0 Å². The van der Waals surface area contributed by atoms with E-state index in [-0.39, 0.29) is 0 Å². The largest absolute Gasteiger partial charge is 0.496 e. The van der Waals surface area contributed by atoms with Crippen LogP contribution in [-0.4, -0.2) is 20.8 Å². The third-order valence-electron chi connectivity index (χ3n) is 2.67. The smallest absolute Gasteiger partial charge is 0.126 e. The topological polar surface area (TPSA) is 44.5 Å². The summed E-state index contributed by atoms with van der Waals surface area (Å²) in [5, 5.41) is 0. The molecule has 0 aromatic heterocycles. The first-order chi connectivity index (χ1) is 7.63. The van der Waals surface area contributed by atoms with Crippen molar-refractivity contribution in [3.05, 3.63) is 23.3 Å². The molecule has 1 rings (SSSR count). The van der Waals surface area contributed by atoms with Gasteiger partial charge in [-0.05, 0) is 36.1 Å². The summed E-state index contributed by atoms with van der Waals surface area (Å²) in [6.45, 7) is 4.92. The van der Waals surface area contributed by atoms with E-state index in [1.54, 1.807) is 14.2 Å². The van der Waals surface area contributed by atoms with Crippen LogP contribution in [0.2, 0.25) is 0 Å². The zero-order valence-electron chi connectivity index (χ0n) is 10.5. The summed E-state index contributed by atoms with van der Waals surface area (Å²) in [5.41, 5.74) is 7.94. The molecule has 0 aliphatic carbocycles. The Morgan fingerprint density at radius 2 is 1.75 bits per heavy atom. The molecule has 0 unspecified atom stereocenters. The number of nitrogens with two attached hydrogens (primary N) is 1. The average Bonchev–Trinajstić information content (AvgIpc) is 2.28. The number of hydrogen-bond donors (Lipinski definition) is 1. The maximum atomic E-state index is 5.59. The number of rotatable bonds is 5. The Morgan fingerprint density at radius 3 is 2.19 bits per heavy atom. The van der Waals surface area contributed by atoms with Gasteiger partial charge in [0.2, 0.25) is 0 Å². The molecule has 0 fully saturated rings. The molecule has 1 aromatic carbocycles. The van der Waals surface area contributed by atoms with Gasteiger partial charge in [-0.1, -0.05) is 13.8 Å². The Labute approximate surface area is 97.6 Å². The van der Waals surface area contributed by atoms with Crippen LogP contribution in [0.3, 0.4) is 0 Å². The Morgan fingerprint density at radius 1 is 1.12 bits per heavy atom. The highest BCUT2D eigenvalue weighted by molar-refractivity contribution is 5.48. The van der Waals surface area contributed by atoms with E-state index in [1.165, 1.54) is 5.56 Å². The van der Waals surface area contributed by atoms with Crippen LogP contribution in [0.25, 0.3) is 0 Å². The van der Waals surface area contributed by atoms with Crippen LogP contribution in [-0.2, 0) is 6.42 Å². The maximum Gasteiger partial charge on any atom is 0.126 e. The van der Waals surface area contributed by atoms with Gasteiger partial charge in [0.05, 0.1) is 14.2 Å². The number of benzene rings is 1. The zero-order chi connectivity index (χ0) is 12.1. The molecule has 90 valence electrons. The van der Waals surface area contributed by atoms with Crippen LogP contribution in [0.4, 0.5) is 0 Å². The van der Waals surface area contributed by atoms with Crippen molar-refractivity contribution in [2.24, 2.45) is 5.73 Å². The molecule has 1 aromatic rings. The average molecular weight is 223 g/mol. The van der Waals surface area contributed by atoms with E-state index >= 15 is 0 Å². The summed E-state index contributed by atoms with van der Waals surface area (Å²) < 4.78 is 10.7. The fourth-order valence-electron chi connectivity index (χ4n) is 1.79. The monoisotopic (exact) mass is 223 g/mol. The number of ether oxygens (including phenoxy) is 2. The summed E-state index contributed by atoms with van der Waals surface area (Å²) in [6, 6.07) is 4.08. The molecule has 0 bridgehead atoms. The Hall–Kier alpha value is -1.22. The standard InChI is InChI=1S/C13H21NO2/c1-9(2)11-7-10(5-6-14)12(15-3)8-13(11)16-4/h7-9H,5-6,14H2,1-4H3. The van der Waals surface area contributed by atoms with Gasteiger partial charge in [-0.25, -0.2) is 0 Å². The van der Waals surface area contributed by atoms with Gasteiger partial charge in [0, 0.05) is 6.07 Å². The molecule has 0 amide bonds. The predicted molar refractivity (Wildman–Crippen MR) is 66.4 cm³/mol. The lowest BCUT2D eigenvalue weighted by Gasteiger charge is -2.16. The Bertz CT molecular complexity index is 348. The molecular weight excluding hydrogens is 202 g/mol. The molecule has 0 heterocycles. The van der Waals surface area contributed by atoms with Gasteiger partial charge in [0.25, 0.3) is 0 Å². The predicted octanol–water partition coefficient (Wildman–Crippen LogP) is 2.33. The highest BCUT2D eigenvalue weighted by Crippen LogP contribution is 2.33. The van der Waals surface area contributed by atoms with E-state index in [1.807, 2.05) is 6.07 Å². The molecular formula is C13H21NO2. The number of methoxy groups -OCH3 is 2. The Balaban J connectivity index is 3.23. The molecule has 0 aliphatic heterocycles. The summed E-state index contributed by atoms with van der Waals surface area (Å²) in [5.74, 6) is 2.16. The van der Waals surface area contributed by atoms with Gasteiger partial charge >= 0.3 is 0 Å². The maximum absolute atomic E-state index is 5.59. The van der Waals surface area contributed by atoms with Crippen molar-refractivity contribution in [3.8, 4) is 11.5 Å². The van der Waals surface area contributed by atoms with Crippen LogP contribution >= 0.6 is 0 Å². The summed E-state index contributed by atoms with van der Waals surface area (Å²) in [7, 11) is 3.35. The lowest BCUT2D eigenvalue weighted by atomic mass is 9.97. The first-order valence-electron chi connectivity index (χ1n) is 5.58. The minimum Gasteiger partial charge on any atom is -0.496 e. The van der Waals surface area contributed by atoms with Crippen molar-refractivity contribution in [2.45, 2.75) is 26.2 Å². The van der Waals surface area contributed by atoms with E-state index in [9.17, 15) is 0 Å². The molecule has 3 nitrogen and oxygen atoms in total. The molecule has 0 saturated heterocycles. The van der Waals surface area contributed by atoms with Crippen molar-refractivity contribution in [2.75, 3.05) is 20.8 Å². The molecule has 2 N–H and O–H groups in total. The van der Waals surface area contributed by atoms with E-state index in [0.717, 1.165) is 23.5 Å². The van der Waals surface area contributed by atoms with Gasteiger partial charge in [-0.2, -0.15) is 0 Å². The Kier molecular flexibility index (Phi) is 4.62. The first kappa shape index (κ1) is 12.8. The van der Waals surface area contributed by atoms with E-state index in [0.29, 0.717) is 12.5 Å². The molecule has 3 heteroatoms. The summed E-state index contributed by atoms with van der Waals surface area (Å²) >= 11 is 0. The molecule has 0 atom stereocenters. The highest BCUT2D eigenvalue weighted by Gasteiger charge is 2.12. The summed E-state index contributed by atoms with van der Waals surface area (Å²) in [6.07, 6.45) is 0.826. The van der Waals surface area contributed by atoms with Crippen LogP contribution in [0.1, 0.15) is 30.9 Å². The van der Waals surface area contributed by atoms with Gasteiger partial charge in [-0.3, -0.25) is 0 Å². The molecule has 0 radical (unpaired) electrons. The van der Waals surface area contributed by atoms with Gasteiger partial charge in [0.1, 0.15) is 11.5 Å². The van der Waals surface area contributed by atoms with E-state index < -0.39 is 0 Å². The zero-order valence-corrected chi connectivity index (χ0v) is 10.5. The van der Waals surface area contributed by atoms with Gasteiger partial charge in [0.15, 0.2) is 0 Å².